The minimum absolute atomic E-state index is 0.0184. The first kappa shape index (κ1) is 18.3. The first-order chi connectivity index (χ1) is 13.0. The molecular formula is C23H22F4. The third-order valence-corrected chi connectivity index (χ3v) is 6.19. The molecule has 0 heterocycles. The van der Waals surface area contributed by atoms with Crippen molar-refractivity contribution in [2.24, 2.45) is 5.92 Å². The smallest absolute Gasteiger partial charge is 0.167 e. The van der Waals surface area contributed by atoms with Crippen molar-refractivity contribution in [3.8, 4) is 11.1 Å². The van der Waals surface area contributed by atoms with Gasteiger partial charge in [-0.05, 0) is 79.5 Å². The van der Waals surface area contributed by atoms with Crippen LogP contribution in [0.2, 0.25) is 0 Å². The largest absolute Gasteiger partial charge is 0.204 e. The lowest BCUT2D eigenvalue weighted by Crippen LogP contribution is -2.15. The van der Waals surface area contributed by atoms with Crippen molar-refractivity contribution < 1.29 is 17.6 Å². The SMILES string of the molecule is C=CCCC1CCC(c2cc3c(c(F)c2F)-c2c(ccc(F)c2F)C3)CC1. The van der Waals surface area contributed by atoms with Gasteiger partial charge < -0.3 is 0 Å². The summed E-state index contributed by atoms with van der Waals surface area (Å²) in [6, 6.07) is 4.18. The lowest BCUT2D eigenvalue weighted by molar-refractivity contribution is 0.306. The summed E-state index contributed by atoms with van der Waals surface area (Å²) in [5.41, 5.74) is 1.22. The Labute approximate surface area is 156 Å². The van der Waals surface area contributed by atoms with Crippen LogP contribution in [0.3, 0.4) is 0 Å². The van der Waals surface area contributed by atoms with Gasteiger partial charge in [-0.3, -0.25) is 0 Å². The minimum atomic E-state index is -1.10. The molecule has 0 amide bonds. The Hall–Kier alpha value is -2.10. The van der Waals surface area contributed by atoms with E-state index < -0.39 is 23.3 Å². The zero-order chi connectivity index (χ0) is 19.1. The van der Waals surface area contributed by atoms with Crippen LogP contribution in [0, 0.1) is 29.2 Å². The zero-order valence-corrected chi connectivity index (χ0v) is 15.1. The number of fused-ring (bicyclic) bond motifs is 3. The molecule has 0 atom stereocenters. The molecule has 0 aliphatic heterocycles. The highest BCUT2D eigenvalue weighted by atomic mass is 19.2. The molecule has 0 nitrogen and oxygen atoms in total. The summed E-state index contributed by atoms with van der Waals surface area (Å²) in [6.45, 7) is 3.75. The summed E-state index contributed by atoms with van der Waals surface area (Å²) in [7, 11) is 0. The van der Waals surface area contributed by atoms with Crippen LogP contribution in [0.15, 0.2) is 30.9 Å². The number of halogens is 4. The van der Waals surface area contributed by atoms with Gasteiger partial charge in [0.1, 0.15) is 0 Å². The van der Waals surface area contributed by atoms with Crippen LogP contribution in [0.4, 0.5) is 17.6 Å². The monoisotopic (exact) mass is 374 g/mol. The number of hydrogen-bond donors (Lipinski definition) is 0. The van der Waals surface area contributed by atoms with E-state index in [1.807, 2.05) is 6.08 Å². The molecule has 0 N–H and O–H groups in total. The fourth-order valence-corrected chi connectivity index (χ4v) is 4.74. The highest BCUT2D eigenvalue weighted by Crippen LogP contribution is 2.45. The van der Waals surface area contributed by atoms with Crippen molar-refractivity contribution >= 4 is 0 Å². The lowest BCUT2D eigenvalue weighted by atomic mass is 9.76. The highest BCUT2D eigenvalue weighted by molar-refractivity contribution is 5.78. The first-order valence-corrected chi connectivity index (χ1v) is 9.60. The molecule has 0 spiro atoms. The summed E-state index contributed by atoms with van der Waals surface area (Å²) in [5, 5.41) is 0. The molecule has 0 aromatic heterocycles. The molecular weight excluding hydrogens is 352 g/mol. The van der Waals surface area contributed by atoms with Crippen molar-refractivity contribution in [2.75, 3.05) is 0 Å². The maximum absolute atomic E-state index is 14.9. The minimum Gasteiger partial charge on any atom is -0.204 e. The van der Waals surface area contributed by atoms with Crippen LogP contribution in [-0.2, 0) is 6.42 Å². The molecule has 2 aliphatic carbocycles. The molecule has 0 saturated heterocycles. The van der Waals surface area contributed by atoms with E-state index in [0.29, 0.717) is 29.0 Å². The van der Waals surface area contributed by atoms with E-state index in [2.05, 4.69) is 6.58 Å². The maximum Gasteiger partial charge on any atom is 0.167 e. The van der Waals surface area contributed by atoms with E-state index in [4.69, 9.17) is 0 Å². The molecule has 2 aromatic carbocycles. The van der Waals surface area contributed by atoms with Gasteiger partial charge >= 0.3 is 0 Å². The predicted octanol–water partition coefficient (Wildman–Crippen LogP) is 7.05. The quantitative estimate of drug-likeness (QED) is 0.339. The molecule has 1 fully saturated rings. The van der Waals surface area contributed by atoms with Gasteiger partial charge in [-0.2, -0.15) is 0 Å². The number of allylic oxidation sites excluding steroid dienone is 1. The van der Waals surface area contributed by atoms with Crippen LogP contribution in [0.5, 0.6) is 0 Å². The second-order valence-electron chi connectivity index (χ2n) is 7.78. The maximum atomic E-state index is 14.9. The van der Waals surface area contributed by atoms with E-state index in [9.17, 15) is 17.6 Å². The standard InChI is InChI=1S/C23H22F4/c1-2-3-4-13-5-7-14(8-6-13)17-12-16-11-15-9-10-18(24)22(26)19(15)20(16)23(27)21(17)25/h2,9-10,12-14H,1,3-8,11H2. The Kier molecular flexibility index (Phi) is 4.83. The Morgan fingerprint density at radius 2 is 1.59 bits per heavy atom. The molecule has 0 radical (unpaired) electrons. The van der Waals surface area contributed by atoms with Crippen LogP contribution in [0.25, 0.3) is 11.1 Å². The van der Waals surface area contributed by atoms with Gasteiger partial charge in [-0.15, -0.1) is 6.58 Å². The Morgan fingerprint density at radius 1 is 0.889 bits per heavy atom. The average molecular weight is 374 g/mol. The van der Waals surface area contributed by atoms with Gasteiger partial charge in [0.15, 0.2) is 23.3 Å². The molecule has 2 aromatic rings. The molecule has 4 rings (SSSR count). The van der Waals surface area contributed by atoms with Crippen molar-refractivity contribution in [2.45, 2.75) is 50.9 Å². The summed E-state index contributed by atoms with van der Waals surface area (Å²) >= 11 is 0. The van der Waals surface area contributed by atoms with Crippen molar-refractivity contribution in [3.63, 3.8) is 0 Å². The zero-order valence-electron chi connectivity index (χ0n) is 15.1. The van der Waals surface area contributed by atoms with Gasteiger partial charge in [0.2, 0.25) is 0 Å². The van der Waals surface area contributed by atoms with Gasteiger partial charge in [0.25, 0.3) is 0 Å². The van der Waals surface area contributed by atoms with Crippen molar-refractivity contribution in [1.82, 2.24) is 0 Å². The van der Waals surface area contributed by atoms with Gasteiger partial charge in [0, 0.05) is 11.1 Å². The highest BCUT2D eigenvalue weighted by Gasteiger charge is 2.33. The lowest BCUT2D eigenvalue weighted by Gasteiger charge is -2.29. The van der Waals surface area contributed by atoms with E-state index in [-0.39, 0.29) is 17.0 Å². The molecule has 0 unspecified atom stereocenters. The fourth-order valence-electron chi connectivity index (χ4n) is 4.74. The van der Waals surface area contributed by atoms with Gasteiger partial charge in [-0.25, -0.2) is 17.6 Å². The van der Waals surface area contributed by atoms with E-state index in [0.717, 1.165) is 44.6 Å². The summed E-state index contributed by atoms with van der Waals surface area (Å²) in [4.78, 5) is 0. The van der Waals surface area contributed by atoms with Crippen molar-refractivity contribution in [3.05, 3.63) is 70.8 Å². The predicted molar refractivity (Wildman–Crippen MR) is 98.6 cm³/mol. The van der Waals surface area contributed by atoms with Crippen LogP contribution in [-0.4, -0.2) is 0 Å². The van der Waals surface area contributed by atoms with Gasteiger partial charge in [0.05, 0.1) is 0 Å². The fraction of sp³-hybridized carbons (Fsp3) is 0.391. The average Bonchev–Trinajstić information content (AvgIpc) is 3.06. The summed E-state index contributed by atoms with van der Waals surface area (Å²) in [6.07, 6.45) is 7.95. The molecule has 1 saturated carbocycles. The second kappa shape index (κ2) is 7.14. The van der Waals surface area contributed by atoms with Crippen LogP contribution < -0.4 is 0 Å². The molecule has 2 aliphatic rings. The second-order valence-corrected chi connectivity index (χ2v) is 7.78. The number of benzene rings is 2. The van der Waals surface area contributed by atoms with E-state index in [1.165, 1.54) is 6.07 Å². The van der Waals surface area contributed by atoms with Gasteiger partial charge in [-0.1, -0.05) is 18.2 Å². The normalized spacial score (nSPS) is 21.0. The van der Waals surface area contributed by atoms with Crippen LogP contribution >= 0.6 is 0 Å². The van der Waals surface area contributed by atoms with Crippen LogP contribution in [0.1, 0.15) is 61.1 Å². The van der Waals surface area contributed by atoms with E-state index in [1.54, 1.807) is 6.07 Å². The Balaban J connectivity index is 1.65. The first-order valence-electron chi connectivity index (χ1n) is 9.60. The number of rotatable bonds is 4. The Bertz CT molecular complexity index is 892. The molecule has 27 heavy (non-hydrogen) atoms. The topological polar surface area (TPSA) is 0 Å². The Morgan fingerprint density at radius 3 is 2.30 bits per heavy atom. The van der Waals surface area contributed by atoms with Crippen molar-refractivity contribution in [1.29, 1.82) is 0 Å². The van der Waals surface area contributed by atoms with E-state index >= 15 is 0 Å². The third-order valence-electron chi connectivity index (χ3n) is 6.19. The summed E-state index contributed by atoms with van der Waals surface area (Å²) in [5.74, 6) is -3.49. The molecule has 4 heteroatoms. The summed E-state index contributed by atoms with van der Waals surface area (Å²) < 4.78 is 57.6. The third kappa shape index (κ3) is 3.09. The molecule has 142 valence electrons. The number of hydrogen-bond acceptors (Lipinski definition) is 0. The molecule has 0 bridgehead atoms.